The van der Waals surface area contributed by atoms with E-state index in [1.807, 2.05) is 13.8 Å². The number of amides is 2. The number of nitrogens with one attached hydrogen (secondary N) is 2. The molecule has 0 aromatic heterocycles. The average Bonchev–Trinajstić information content (AvgIpc) is 3.29. The van der Waals surface area contributed by atoms with Gasteiger partial charge in [0.2, 0.25) is 6.79 Å². The van der Waals surface area contributed by atoms with Gasteiger partial charge in [-0.3, -0.25) is 9.59 Å². The molecule has 2 N–H and O–H groups in total. The Morgan fingerprint density at radius 2 is 1.91 bits per heavy atom. The summed E-state index contributed by atoms with van der Waals surface area (Å²) in [7, 11) is 0. The predicted octanol–water partition coefficient (Wildman–Crippen LogP) is 3.02. The molecule has 10 nitrogen and oxygen atoms in total. The monoisotopic (exact) mass is 547 g/mol. The van der Waals surface area contributed by atoms with Gasteiger partial charge < -0.3 is 24.3 Å². The molecule has 186 valence electrons. The van der Waals surface area contributed by atoms with Crippen LogP contribution < -0.4 is 25.0 Å². The lowest BCUT2D eigenvalue weighted by Crippen LogP contribution is -2.48. The first-order valence-corrected chi connectivity index (χ1v) is 11.7. The molecule has 2 aromatic rings. The minimum absolute atomic E-state index is 0.106. The smallest absolute Gasteiger partial charge is 0.344 e. The van der Waals surface area contributed by atoms with Crippen LogP contribution in [0.4, 0.5) is 0 Å². The molecule has 1 aliphatic heterocycles. The maximum Gasteiger partial charge on any atom is 0.344 e. The van der Waals surface area contributed by atoms with E-state index in [1.54, 1.807) is 43.3 Å². The highest BCUT2D eigenvalue weighted by Crippen LogP contribution is 2.32. The van der Waals surface area contributed by atoms with Crippen LogP contribution in [0.5, 0.6) is 17.2 Å². The van der Waals surface area contributed by atoms with Crippen molar-refractivity contribution in [3.8, 4) is 17.2 Å². The number of carbonyl (C=O) groups is 3. The third-order valence-electron chi connectivity index (χ3n) is 4.87. The summed E-state index contributed by atoms with van der Waals surface area (Å²) < 4.78 is 21.4. The molecule has 35 heavy (non-hydrogen) atoms. The Balaban J connectivity index is 1.57. The largest absolute Gasteiger partial charge is 0.481 e. The normalized spacial score (nSPS) is 12.9. The zero-order chi connectivity index (χ0) is 25.4. The SMILES string of the molecule is CCOC(=O)COc1ccc(/C=N/NC(=O)C(NC(=O)c2ccc3c(c2)OCO3)C(C)C)cc1Br. The lowest BCUT2D eigenvalue weighted by Gasteiger charge is -2.20. The van der Waals surface area contributed by atoms with Gasteiger partial charge in [0.15, 0.2) is 18.1 Å². The maximum absolute atomic E-state index is 12.7. The molecule has 1 aliphatic rings. The van der Waals surface area contributed by atoms with Gasteiger partial charge in [-0.15, -0.1) is 0 Å². The summed E-state index contributed by atoms with van der Waals surface area (Å²) in [6.07, 6.45) is 1.45. The van der Waals surface area contributed by atoms with E-state index in [4.69, 9.17) is 18.9 Å². The van der Waals surface area contributed by atoms with Gasteiger partial charge in [-0.25, -0.2) is 10.2 Å². The quantitative estimate of drug-likeness (QED) is 0.266. The summed E-state index contributed by atoms with van der Waals surface area (Å²) in [6.45, 7) is 5.54. The predicted molar refractivity (Wildman–Crippen MR) is 131 cm³/mol. The van der Waals surface area contributed by atoms with Crippen molar-refractivity contribution in [3.63, 3.8) is 0 Å². The summed E-state index contributed by atoms with van der Waals surface area (Å²) in [5.74, 6) is -0.00523. The molecular formula is C24H26BrN3O7. The topological polar surface area (TPSA) is 125 Å². The van der Waals surface area contributed by atoms with E-state index in [2.05, 4.69) is 31.8 Å². The minimum atomic E-state index is -0.810. The number of halogens is 1. The summed E-state index contributed by atoms with van der Waals surface area (Å²) in [5, 5.41) is 6.73. The molecule has 0 saturated heterocycles. The number of esters is 1. The molecule has 0 bridgehead atoms. The second-order valence-corrected chi connectivity index (χ2v) is 8.64. The highest BCUT2D eigenvalue weighted by molar-refractivity contribution is 9.10. The molecule has 0 spiro atoms. The molecule has 0 saturated carbocycles. The van der Waals surface area contributed by atoms with E-state index in [0.717, 1.165) is 0 Å². The fraction of sp³-hybridized carbons (Fsp3) is 0.333. The Kier molecular flexibility index (Phi) is 9.07. The number of ether oxygens (including phenoxy) is 4. The van der Waals surface area contributed by atoms with Crippen LogP contribution in [-0.2, 0) is 14.3 Å². The first kappa shape index (κ1) is 26.0. The molecule has 1 unspecified atom stereocenters. The molecule has 11 heteroatoms. The van der Waals surface area contributed by atoms with E-state index in [9.17, 15) is 14.4 Å². The number of hydrazone groups is 1. The summed E-state index contributed by atoms with van der Waals surface area (Å²) in [5.41, 5.74) is 3.49. The Hall–Kier alpha value is -3.60. The molecule has 1 heterocycles. The Labute approximate surface area is 211 Å². The second kappa shape index (κ2) is 12.2. The van der Waals surface area contributed by atoms with Crippen molar-refractivity contribution in [1.29, 1.82) is 0 Å². The number of benzene rings is 2. The molecule has 3 rings (SSSR count). The van der Waals surface area contributed by atoms with Crippen molar-refractivity contribution in [2.75, 3.05) is 20.0 Å². The van der Waals surface area contributed by atoms with E-state index in [-0.39, 0.29) is 25.9 Å². The van der Waals surface area contributed by atoms with Crippen molar-refractivity contribution >= 4 is 39.9 Å². The molecular weight excluding hydrogens is 522 g/mol. The highest BCUT2D eigenvalue weighted by atomic mass is 79.9. The summed E-state index contributed by atoms with van der Waals surface area (Å²) in [6, 6.07) is 9.11. The Morgan fingerprint density at radius 1 is 1.14 bits per heavy atom. The molecule has 0 fully saturated rings. The Morgan fingerprint density at radius 3 is 2.63 bits per heavy atom. The fourth-order valence-electron chi connectivity index (χ4n) is 3.09. The van der Waals surface area contributed by atoms with Gasteiger partial charge in [0, 0.05) is 5.56 Å². The number of hydrogen-bond acceptors (Lipinski definition) is 8. The molecule has 2 aromatic carbocycles. The van der Waals surface area contributed by atoms with E-state index in [1.165, 1.54) is 6.21 Å². The Bertz CT molecular complexity index is 1120. The van der Waals surface area contributed by atoms with Crippen LogP contribution >= 0.6 is 15.9 Å². The lowest BCUT2D eigenvalue weighted by molar-refractivity contribution is -0.145. The molecule has 0 radical (unpaired) electrons. The van der Waals surface area contributed by atoms with E-state index >= 15 is 0 Å². The van der Waals surface area contributed by atoms with Gasteiger partial charge in [-0.1, -0.05) is 13.8 Å². The van der Waals surface area contributed by atoms with Crippen LogP contribution in [0.3, 0.4) is 0 Å². The van der Waals surface area contributed by atoms with E-state index in [0.29, 0.717) is 32.8 Å². The van der Waals surface area contributed by atoms with Crippen LogP contribution in [0.15, 0.2) is 46.0 Å². The molecule has 2 amide bonds. The summed E-state index contributed by atoms with van der Waals surface area (Å²) in [4.78, 5) is 36.8. The second-order valence-electron chi connectivity index (χ2n) is 7.78. The zero-order valence-electron chi connectivity index (χ0n) is 19.5. The maximum atomic E-state index is 12.7. The number of fused-ring (bicyclic) bond motifs is 1. The minimum Gasteiger partial charge on any atom is -0.481 e. The number of carbonyl (C=O) groups excluding carboxylic acids is 3. The van der Waals surface area contributed by atoms with Gasteiger partial charge >= 0.3 is 5.97 Å². The van der Waals surface area contributed by atoms with Gasteiger partial charge in [-0.05, 0) is 70.7 Å². The van der Waals surface area contributed by atoms with Gasteiger partial charge in [-0.2, -0.15) is 5.10 Å². The van der Waals surface area contributed by atoms with Crippen molar-refractivity contribution in [2.24, 2.45) is 11.0 Å². The number of nitrogens with zero attached hydrogens (tertiary/aromatic N) is 1. The zero-order valence-corrected chi connectivity index (χ0v) is 21.1. The molecule has 1 atom stereocenters. The molecule has 0 aliphatic carbocycles. The third-order valence-corrected chi connectivity index (χ3v) is 5.49. The van der Waals surface area contributed by atoms with Crippen LogP contribution in [0.25, 0.3) is 0 Å². The fourth-order valence-corrected chi connectivity index (χ4v) is 3.60. The van der Waals surface area contributed by atoms with Gasteiger partial charge in [0.25, 0.3) is 11.8 Å². The first-order valence-electron chi connectivity index (χ1n) is 10.9. The first-order chi connectivity index (χ1) is 16.8. The van der Waals surface area contributed by atoms with Crippen molar-refractivity contribution < 1.29 is 33.3 Å². The number of hydrogen-bond donors (Lipinski definition) is 2. The van der Waals surface area contributed by atoms with E-state index < -0.39 is 23.8 Å². The van der Waals surface area contributed by atoms with Gasteiger partial charge in [0.05, 0.1) is 17.3 Å². The standard InChI is InChI=1S/C24H26BrN3O7/c1-4-32-21(29)12-33-18-7-5-15(9-17(18)25)11-26-28-24(31)22(14(2)3)27-23(30)16-6-8-19-20(10-16)35-13-34-19/h5-11,14,22H,4,12-13H2,1-3H3,(H,27,30)(H,28,31)/b26-11+. The summed E-state index contributed by atoms with van der Waals surface area (Å²) >= 11 is 3.38. The van der Waals surface area contributed by atoms with Crippen LogP contribution in [0.2, 0.25) is 0 Å². The van der Waals surface area contributed by atoms with Crippen molar-refractivity contribution in [1.82, 2.24) is 10.7 Å². The van der Waals surface area contributed by atoms with Crippen molar-refractivity contribution in [3.05, 3.63) is 52.0 Å². The number of rotatable bonds is 10. The average molecular weight is 548 g/mol. The van der Waals surface area contributed by atoms with Crippen LogP contribution in [0, 0.1) is 5.92 Å². The third kappa shape index (κ3) is 7.19. The van der Waals surface area contributed by atoms with Crippen LogP contribution in [-0.4, -0.2) is 50.0 Å². The lowest BCUT2D eigenvalue weighted by atomic mass is 10.0. The van der Waals surface area contributed by atoms with Crippen molar-refractivity contribution in [2.45, 2.75) is 26.8 Å². The highest BCUT2D eigenvalue weighted by Gasteiger charge is 2.25. The van der Waals surface area contributed by atoms with Gasteiger partial charge in [0.1, 0.15) is 11.8 Å². The van der Waals surface area contributed by atoms with Crippen LogP contribution in [0.1, 0.15) is 36.7 Å².